The van der Waals surface area contributed by atoms with Crippen LogP contribution in [0.2, 0.25) is 5.02 Å². The van der Waals surface area contributed by atoms with Crippen molar-refractivity contribution in [2.45, 2.75) is 6.92 Å². The number of carboxylic acid groups (broad SMARTS) is 1. The van der Waals surface area contributed by atoms with Crippen molar-refractivity contribution >= 4 is 58.1 Å². The molecule has 3 amide bonds. The smallest absolute Gasteiger partial charge is 0.341 e. The summed E-state index contributed by atoms with van der Waals surface area (Å²) in [6.07, 6.45) is 1.40. The second-order valence-corrected chi connectivity index (χ2v) is 8.04. The van der Waals surface area contributed by atoms with Crippen molar-refractivity contribution in [1.29, 1.82) is 0 Å². The number of carboxylic acids is 1. The lowest BCUT2D eigenvalue weighted by Gasteiger charge is -2.14. The first kappa shape index (κ1) is 24.1. The number of imide groups is 1. The Hall–Kier alpha value is -3.50. The molecule has 1 aliphatic rings. The van der Waals surface area contributed by atoms with Crippen LogP contribution >= 0.6 is 23.4 Å². The summed E-state index contributed by atoms with van der Waals surface area (Å²) in [4.78, 5) is 49.3. The van der Waals surface area contributed by atoms with Gasteiger partial charge in [-0.3, -0.25) is 19.3 Å². The van der Waals surface area contributed by atoms with E-state index in [2.05, 4.69) is 5.32 Å². The number of anilines is 1. The maximum absolute atomic E-state index is 12.8. The Balaban J connectivity index is 1.78. The van der Waals surface area contributed by atoms with Gasteiger partial charge in [0, 0.05) is 16.3 Å². The van der Waals surface area contributed by atoms with Crippen LogP contribution in [0, 0.1) is 0 Å². The summed E-state index contributed by atoms with van der Waals surface area (Å²) in [5.41, 5.74) is 0.832. The van der Waals surface area contributed by atoms with Crippen molar-refractivity contribution in [3.63, 3.8) is 0 Å². The van der Waals surface area contributed by atoms with Crippen LogP contribution in [0.15, 0.2) is 47.4 Å². The largest absolute Gasteiger partial charge is 0.490 e. The third-order valence-corrected chi connectivity index (χ3v) is 5.40. The van der Waals surface area contributed by atoms with Crippen molar-refractivity contribution < 1.29 is 33.8 Å². The number of para-hydroxylation sites is 1. The van der Waals surface area contributed by atoms with Gasteiger partial charge in [-0.2, -0.15) is 0 Å². The molecule has 0 bridgehead atoms. The van der Waals surface area contributed by atoms with Gasteiger partial charge in [0.2, 0.25) is 5.91 Å². The fourth-order valence-corrected chi connectivity index (χ4v) is 3.81. The highest BCUT2D eigenvalue weighted by molar-refractivity contribution is 8.18. The first-order valence-electron chi connectivity index (χ1n) is 9.69. The van der Waals surface area contributed by atoms with Gasteiger partial charge < -0.3 is 19.9 Å². The van der Waals surface area contributed by atoms with E-state index in [1.807, 2.05) is 0 Å². The number of ether oxygens (including phenoxy) is 2. The molecule has 0 spiro atoms. The number of hydrogen-bond donors (Lipinski definition) is 2. The number of amides is 3. The van der Waals surface area contributed by atoms with E-state index in [1.165, 1.54) is 6.08 Å². The Kier molecular flexibility index (Phi) is 7.96. The molecule has 9 nitrogen and oxygen atoms in total. The SMILES string of the molecule is CCOc1cccc(/C=C2\SC(=O)N(CC(=O)Nc3ccc(Cl)cc3)C2=O)c1OCC(=O)O. The van der Waals surface area contributed by atoms with Gasteiger partial charge in [-0.1, -0.05) is 23.7 Å². The Morgan fingerprint density at radius 1 is 1.15 bits per heavy atom. The number of halogens is 1. The second kappa shape index (κ2) is 10.9. The summed E-state index contributed by atoms with van der Waals surface area (Å²) >= 11 is 6.48. The molecule has 33 heavy (non-hydrogen) atoms. The lowest BCUT2D eigenvalue weighted by atomic mass is 10.1. The molecule has 1 fully saturated rings. The molecule has 0 radical (unpaired) electrons. The molecule has 3 rings (SSSR count). The summed E-state index contributed by atoms with van der Waals surface area (Å²) in [6.45, 7) is 0.990. The number of nitrogens with zero attached hydrogens (tertiary/aromatic N) is 1. The molecule has 1 saturated heterocycles. The molecule has 1 aliphatic heterocycles. The van der Waals surface area contributed by atoms with Crippen molar-refractivity contribution in [3.05, 3.63) is 58.0 Å². The molecule has 0 aliphatic carbocycles. The summed E-state index contributed by atoms with van der Waals surface area (Å²) in [6, 6.07) is 11.2. The van der Waals surface area contributed by atoms with Crippen molar-refractivity contribution in [3.8, 4) is 11.5 Å². The normalized spacial score (nSPS) is 14.5. The fourth-order valence-electron chi connectivity index (χ4n) is 2.86. The Morgan fingerprint density at radius 2 is 1.88 bits per heavy atom. The number of carbonyl (C=O) groups is 4. The van der Waals surface area contributed by atoms with Gasteiger partial charge in [-0.25, -0.2) is 4.79 Å². The maximum Gasteiger partial charge on any atom is 0.341 e. The highest BCUT2D eigenvalue weighted by Crippen LogP contribution is 2.37. The average Bonchev–Trinajstić information content (AvgIpc) is 3.02. The summed E-state index contributed by atoms with van der Waals surface area (Å²) in [7, 11) is 0. The Morgan fingerprint density at radius 3 is 2.55 bits per heavy atom. The van der Waals surface area contributed by atoms with Crippen LogP contribution in [-0.2, 0) is 14.4 Å². The predicted octanol–water partition coefficient (Wildman–Crippen LogP) is 3.88. The van der Waals surface area contributed by atoms with Gasteiger partial charge in [0.1, 0.15) is 6.54 Å². The van der Waals surface area contributed by atoms with Gasteiger partial charge in [0.25, 0.3) is 11.1 Å². The van der Waals surface area contributed by atoms with E-state index in [9.17, 15) is 19.2 Å². The minimum atomic E-state index is -1.18. The van der Waals surface area contributed by atoms with Crippen molar-refractivity contribution in [1.82, 2.24) is 4.90 Å². The molecule has 0 aromatic heterocycles. The molecule has 11 heteroatoms. The maximum atomic E-state index is 12.8. The van der Waals surface area contributed by atoms with Crippen LogP contribution in [-0.4, -0.2) is 52.8 Å². The topological polar surface area (TPSA) is 122 Å². The van der Waals surface area contributed by atoms with Crippen LogP contribution in [0.3, 0.4) is 0 Å². The van der Waals surface area contributed by atoms with E-state index in [0.717, 1.165) is 4.90 Å². The zero-order valence-corrected chi connectivity index (χ0v) is 18.9. The zero-order valence-electron chi connectivity index (χ0n) is 17.4. The van der Waals surface area contributed by atoms with Crippen molar-refractivity contribution in [2.75, 3.05) is 25.1 Å². The number of thioether (sulfide) groups is 1. The number of rotatable bonds is 9. The van der Waals surface area contributed by atoms with Gasteiger partial charge in [-0.05, 0) is 55.1 Å². The van der Waals surface area contributed by atoms with Crippen LogP contribution in [0.25, 0.3) is 6.08 Å². The highest BCUT2D eigenvalue weighted by Gasteiger charge is 2.36. The van der Waals surface area contributed by atoms with E-state index in [-0.39, 0.29) is 10.7 Å². The average molecular weight is 491 g/mol. The van der Waals surface area contributed by atoms with Gasteiger partial charge in [0.05, 0.1) is 11.5 Å². The van der Waals surface area contributed by atoms with Gasteiger partial charge in [0.15, 0.2) is 18.1 Å². The molecular formula is C22H19ClN2O7S. The standard InChI is InChI=1S/C22H19ClN2O7S/c1-2-31-16-5-3-4-13(20(16)32-12-19(27)28)10-17-21(29)25(22(30)33-17)11-18(26)24-15-8-6-14(23)7-9-15/h3-10H,2,11-12H2,1H3,(H,24,26)(H,27,28)/b17-10-. The molecule has 172 valence electrons. The molecule has 0 atom stereocenters. The van der Waals surface area contributed by atoms with Crippen LogP contribution in [0.5, 0.6) is 11.5 Å². The lowest BCUT2D eigenvalue weighted by molar-refractivity contribution is -0.139. The first-order chi connectivity index (χ1) is 15.8. The van der Waals surface area contributed by atoms with E-state index in [4.69, 9.17) is 26.2 Å². The van der Waals surface area contributed by atoms with E-state index in [1.54, 1.807) is 49.4 Å². The number of benzene rings is 2. The van der Waals surface area contributed by atoms with Gasteiger partial charge >= 0.3 is 5.97 Å². The number of hydrogen-bond acceptors (Lipinski definition) is 7. The third kappa shape index (κ3) is 6.27. The number of nitrogens with one attached hydrogen (secondary N) is 1. The van der Waals surface area contributed by atoms with Crippen LogP contribution in [0.4, 0.5) is 10.5 Å². The number of aliphatic carboxylic acids is 1. The first-order valence-corrected chi connectivity index (χ1v) is 10.9. The molecule has 1 heterocycles. The molecular weight excluding hydrogens is 472 g/mol. The minimum Gasteiger partial charge on any atom is -0.490 e. The van der Waals surface area contributed by atoms with Gasteiger partial charge in [-0.15, -0.1) is 0 Å². The lowest BCUT2D eigenvalue weighted by Crippen LogP contribution is -2.36. The predicted molar refractivity (Wildman–Crippen MR) is 124 cm³/mol. The second-order valence-electron chi connectivity index (χ2n) is 6.61. The van der Waals surface area contributed by atoms with Crippen molar-refractivity contribution in [2.24, 2.45) is 0 Å². The minimum absolute atomic E-state index is 0.0631. The zero-order chi connectivity index (χ0) is 24.0. The molecule has 0 unspecified atom stereocenters. The Labute approximate surface area is 198 Å². The summed E-state index contributed by atoms with van der Waals surface area (Å²) in [5, 5.41) is 11.4. The molecule has 2 aromatic carbocycles. The summed E-state index contributed by atoms with van der Waals surface area (Å²) in [5.74, 6) is -1.95. The van der Waals surface area contributed by atoms with E-state index in [0.29, 0.717) is 40.4 Å². The number of carbonyl (C=O) groups excluding carboxylic acids is 3. The summed E-state index contributed by atoms with van der Waals surface area (Å²) < 4.78 is 10.8. The molecule has 2 N–H and O–H groups in total. The van der Waals surface area contributed by atoms with Crippen LogP contribution in [0.1, 0.15) is 12.5 Å². The molecule has 0 saturated carbocycles. The Bertz CT molecular complexity index is 1120. The van der Waals surface area contributed by atoms with Crippen LogP contribution < -0.4 is 14.8 Å². The third-order valence-electron chi connectivity index (χ3n) is 4.24. The fraction of sp³-hybridized carbons (Fsp3) is 0.182. The monoisotopic (exact) mass is 490 g/mol. The van der Waals surface area contributed by atoms with E-state index < -0.39 is 36.2 Å². The quantitative estimate of drug-likeness (QED) is 0.508. The molecule has 2 aromatic rings. The van der Waals surface area contributed by atoms with E-state index >= 15 is 0 Å². The highest BCUT2D eigenvalue weighted by atomic mass is 35.5.